The molecule has 0 saturated carbocycles. The third kappa shape index (κ3) is 2.05. The summed E-state index contributed by atoms with van der Waals surface area (Å²) in [5.74, 6) is 0. The molecule has 0 bridgehead atoms. The smallest absolute Gasteiger partial charge is 0.0745 e. The third-order valence-corrected chi connectivity index (χ3v) is 2.04. The van der Waals surface area contributed by atoms with Gasteiger partial charge in [-0.1, -0.05) is 33.2 Å². The van der Waals surface area contributed by atoms with Crippen molar-refractivity contribution < 1.29 is 5.21 Å². The van der Waals surface area contributed by atoms with Crippen LogP contribution >= 0.6 is 15.9 Å². The van der Waals surface area contributed by atoms with Crippen molar-refractivity contribution in [3.8, 4) is 0 Å². The average molecular weight is 214 g/mol. The van der Waals surface area contributed by atoms with Crippen molar-refractivity contribution in [1.29, 1.82) is 0 Å². The van der Waals surface area contributed by atoms with Crippen LogP contribution in [0.15, 0.2) is 27.8 Å². The Morgan fingerprint density at radius 3 is 2.82 bits per heavy atom. The van der Waals surface area contributed by atoms with Gasteiger partial charge in [0.05, 0.1) is 6.21 Å². The van der Waals surface area contributed by atoms with Gasteiger partial charge in [-0.25, -0.2) is 0 Å². The highest BCUT2D eigenvalue weighted by Gasteiger charge is 1.95. The van der Waals surface area contributed by atoms with Crippen LogP contribution in [0.4, 0.5) is 0 Å². The van der Waals surface area contributed by atoms with Gasteiger partial charge in [-0.2, -0.15) is 0 Å². The summed E-state index contributed by atoms with van der Waals surface area (Å²) in [4.78, 5) is 0. The molecular weight excluding hydrogens is 206 g/mol. The largest absolute Gasteiger partial charge is 0.411 e. The monoisotopic (exact) mass is 213 g/mol. The Morgan fingerprint density at radius 1 is 1.55 bits per heavy atom. The molecule has 0 amide bonds. The second-order valence-corrected chi connectivity index (χ2v) is 3.12. The fourth-order valence-electron chi connectivity index (χ4n) is 0.799. The number of aryl methyl sites for hydroxylation is 1. The first-order valence-electron chi connectivity index (χ1n) is 3.17. The van der Waals surface area contributed by atoms with Gasteiger partial charge in [-0.15, -0.1) is 0 Å². The quantitative estimate of drug-likeness (QED) is 0.435. The summed E-state index contributed by atoms with van der Waals surface area (Å²) < 4.78 is 0.940. The molecule has 1 rings (SSSR count). The molecule has 58 valence electrons. The summed E-state index contributed by atoms with van der Waals surface area (Å²) in [6.45, 7) is 2.00. The Labute approximate surface area is 73.7 Å². The van der Waals surface area contributed by atoms with E-state index < -0.39 is 0 Å². The van der Waals surface area contributed by atoms with E-state index in [9.17, 15) is 0 Å². The Balaban J connectivity index is 3.09. The fourth-order valence-corrected chi connectivity index (χ4v) is 1.39. The molecule has 0 aliphatic rings. The minimum absolute atomic E-state index is 0.873. The molecule has 0 radical (unpaired) electrons. The van der Waals surface area contributed by atoms with Gasteiger partial charge in [-0.05, 0) is 18.6 Å². The van der Waals surface area contributed by atoms with Crippen LogP contribution in [0, 0.1) is 6.92 Å². The molecule has 0 aliphatic heterocycles. The minimum Gasteiger partial charge on any atom is -0.411 e. The van der Waals surface area contributed by atoms with E-state index in [-0.39, 0.29) is 0 Å². The summed E-state index contributed by atoms with van der Waals surface area (Å²) >= 11 is 3.35. The van der Waals surface area contributed by atoms with E-state index in [1.807, 2.05) is 25.1 Å². The average Bonchev–Trinajstić information content (AvgIpc) is 1.95. The highest BCUT2D eigenvalue weighted by Crippen LogP contribution is 2.16. The molecule has 3 heteroatoms. The molecule has 0 aromatic heterocycles. The first-order valence-corrected chi connectivity index (χ1v) is 3.97. The molecule has 1 N–H and O–H groups in total. The first-order chi connectivity index (χ1) is 5.24. The molecule has 0 atom stereocenters. The predicted molar refractivity (Wildman–Crippen MR) is 48.3 cm³/mol. The molecule has 0 aliphatic carbocycles. The summed E-state index contributed by atoms with van der Waals surface area (Å²) in [5.41, 5.74) is 2.05. The number of hydrogen-bond acceptors (Lipinski definition) is 2. The normalized spacial score (nSPS) is 10.7. The van der Waals surface area contributed by atoms with Gasteiger partial charge in [0.1, 0.15) is 0 Å². The second kappa shape index (κ2) is 3.53. The zero-order chi connectivity index (χ0) is 8.27. The highest BCUT2D eigenvalue weighted by molar-refractivity contribution is 9.10. The lowest BCUT2D eigenvalue weighted by Crippen LogP contribution is -1.83. The van der Waals surface area contributed by atoms with Crippen molar-refractivity contribution in [2.75, 3.05) is 0 Å². The van der Waals surface area contributed by atoms with E-state index in [1.165, 1.54) is 11.8 Å². The van der Waals surface area contributed by atoms with Crippen LogP contribution in [0.5, 0.6) is 0 Å². The zero-order valence-corrected chi connectivity index (χ0v) is 7.67. The van der Waals surface area contributed by atoms with Crippen molar-refractivity contribution in [2.45, 2.75) is 6.92 Å². The number of benzene rings is 1. The van der Waals surface area contributed by atoms with Gasteiger partial charge in [0.15, 0.2) is 0 Å². The predicted octanol–water partition coefficient (Wildman–Crippen LogP) is 2.57. The van der Waals surface area contributed by atoms with Crippen molar-refractivity contribution in [3.05, 3.63) is 33.8 Å². The zero-order valence-electron chi connectivity index (χ0n) is 6.08. The lowest BCUT2D eigenvalue weighted by Gasteiger charge is -1.97. The maximum atomic E-state index is 8.26. The Hall–Kier alpha value is -0.830. The SMILES string of the molecule is Cc1ccc(/C=N/O)c(Br)c1. The van der Waals surface area contributed by atoms with E-state index in [2.05, 4.69) is 21.1 Å². The molecule has 0 spiro atoms. The van der Waals surface area contributed by atoms with E-state index in [1.54, 1.807) is 0 Å². The number of halogens is 1. The van der Waals surface area contributed by atoms with E-state index in [0.29, 0.717) is 0 Å². The van der Waals surface area contributed by atoms with Crippen molar-refractivity contribution in [2.24, 2.45) is 5.16 Å². The number of nitrogens with zero attached hydrogens (tertiary/aromatic N) is 1. The van der Waals surface area contributed by atoms with Crippen LogP contribution in [0.1, 0.15) is 11.1 Å². The molecule has 11 heavy (non-hydrogen) atoms. The first kappa shape index (κ1) is 8.27. The molecule has 1 aromatic rings. The number of rotatable bonds is 1. The molecule has 0 fully saturated rings. The summed E-state index contributed by atoms with van der Waals surface area (Å²) in [6, 6.07) is 5.82. The van der Waals surface area contributed by atoms with E-state index in [4.69, 9.17) is 5.21 Å². The van der Waals surface area contributed by atoms with Gasteiger partial charge < -0.3 is 5.21 Å². The Kier molecular flexibility index (Phi) is 2.65. The summed E-state index contributed by atoms with van der Waals surface area (Å²) in [7, 11) is 0. The Bertz CT molecular complexity index is 283. The third-order valence-electron chi connectivity index (χ3n) is 1.35. The van der Waals surface area contributed by atoms with Crippen LogP contribution in [-0.2, 0) is 0 Å². The standard InChI is InChI=1S/C8H8BrNO/c1-6-2-3-7(5-10-11)8(9)4-6/h2-5,11H,1H3/b10-5+. The van der Waals surface area contributed by atoms with Crippen LogP contribution in [0.25, 0.3) is 0 Å². The van der Waals surface area contributed by atoms with Gasteiger partial charge in [0.2, 0.25) is 0 Å². The summed E-state index contributed by atoms with van der Waals surface area (Å²) in [6.07, 6.45) is 1.39. The number of oxime groups is 1. The molecular formula is C8H8BrNO. The van der Waals surface area contributed by atoms with Crippen molar-refractivity contribution in [1.82, 2.24) is 0 Å². The maximum absolute atomic E-state index is 8.26. The molecule has 1 aromatic carbocycles. The van der Waals surface area contributed by atoms with Gasteiger partial charge in [-0.3, -0.25) is 0 Å². The lowest BCUT2D eigenvalue weighted by atomic mass is 10.2. The Morgan fingerprint density at radius 2 is 2.27 bits per heavy atom. The van der Waals surface area contributed by atoms with Crippen molar-refractivity contribution >= 4 is 22.1 Å². The van der Waals surface area contributed by atoms with Crippen LogP contribution in [0.2, 0.25) is 0 Å². The van der Waals surface area contributed by atoms with Crippen LogP contribution < -0.4 is 0 Å². The minimum atomic E-state index is 0.873. The van der Waals surface area contributed by atoms with Crippen LogP contribution in [-0.4, -0.2) is 11.4 Å². The van der Waals surface area contributed by atoms with Gasteiger partial charge in [0, 0.05) is 10.0 Å². The topological polar surface area (TPSA) is 32.6 Å². The van der Waals surface area contributed by atoms with E-state index in [0.717, 1.165) is 10.0 Å². The van der Waals surface area contributed by atoms with E-state index >= 15 is 0 Å². The summed E-state index contributed by atoms with van der Waals surface area (Å²) in [5, 5.41) is 11.2. The fraction of sp³-hybridized carbons (Fsp3) is 0.125. The van der Waals surface area contributed by atoms with Gasteiger partial charge in [0.25, 0.3) is 0 Å². The number of hydrogen-bond donors (Lipinski definition) is 1. The van der Waals surface area contributed by atoms with Crippen molar-refractivity contribution in [3.63, 3.8) is 0 Å². The van der Waals surface area contributed by atoms with Gasteiger partial charge >= 0.3 is 0 Å². The maximum Gasteiger partial charge on any atom is 0.0745 e. The molecule has 0 unspecified atom stereocenters. The second-order valence-electron chi connectivity index (χ2n) is 2.27. The molecule has 2 nitrogen and oxygen atoms in total. The molecule has 0 heterocycles. The molecule has 0 saturated heterocycles. The highest BCUT2D eigenvalue weighted by atomic mass is 79.9. The van der Waals surface area contributed by atoms with Crippen LogP contribution in [0.3, 0.4) is 0 Å². The lowest BCUT2D eigenvalue weighted by molar-refractivity contribution is 0.322.